The van der Waals surface area contributed by atoms with E-state index in [1.54, 1.807) is 77.1 Å². The van der Waals surface area contributed by atoms with E-state index in [1.165, 1.54) is 8.87 Å². The van der Waals surface area contributed by atoms with Gasteiger partial charge in [0, 0.05) is 36.8 Å². The molecule has 0 bridgehead atoms. The third kappa shape index (κ3) is 6.46. The summed E-state index contributed by atoms with van der Waals surface area (Å²) in [7, 11) is -3.57. The fraction of sp³-hybridized carbons (Fsp3) is 0.433. The van der Waals surface area contributed by atoms with Crippen molar-refractivity contribution in [2.45, 2.75) is 65.0 Å². The molecule has 11 heteroatoms. The number of carbonyl (C=O) groups excluding carboxylic acids is 1. The van der Waals surface area contributed by atoms with Crippen molar-refractivity contribution in [2.75, 3.05) is 19.7 Å². The molecule has 1 aliphatic rings. The molecule has 3 aromatic rings. The Morgan fingerprint density at radius 2 is 1.85 bits per heavy atom. The first-order valence-electron chi connectivity index (χ1n) is 13.6. The molecule has 9 nitrogen and oxygen atoms in total. The Morgan fingerprint density at radius 3 is 2.41 bits per heavy atom. The van der Waals surface area contributed by atoms with Gasteiger partial charge in [-0.15, -0.1) is 11.3 Å². The van der Waals surface area contributed by atoms with Crippen LogP contribution in [0.15, 0.2) is 50.5 Å². The smallest absolute Gasteiger partial charge is 0.269 e. The molecule has 0 spiro atoms. The highest BCUT2D eigenvalue weighted by atomic mass is 32.2. The van der Waals surface area contributed by atoms with Crippen LogP contribution in [0.1, 0.15) is 53.2 Å². The van der Waals surface area contributed by atoms with E-state index in [9.17, 15) is 23.3 Å². The van der Waals surface area contributed by atoms with Gasteiger partial charge in [-0.25, -0.2) is 8.42 Å². The number of aromatic nitrogens is 1. The van der Waals surface area contributed by atoms with E-state index >= 15 is 0 Å². The van der Waals surface area contributed by atoms with Gasteiger partial charge in [-0.05, 0) is 49.2 Å². The number of rotatable bonds is 9. The van der Waals surface area contributed by atoms with E-state index in [2.05, 4.69) is 0 Å². The molecule has 1 aromatic carbocycles. The Bertz CT molecular complexity index is 1740. The molecule has 1 fully saturated rings. The zero-order valence-corrected chi connectivity index (χ0v) is 25.6. The van der Waals surface area contributed by atoms with Crippen molar-refractivity contribution in [3.63, 3.8) is 0 Å². The van der Waals surface area contributed by atoms with Crippen molar-refractivity contribution in [1.29, 1.82) is 5.26 Å². The van der Waals surface area contributed by atoms with Gasteiger partial charge < -0.3 is 9.15 Å². The second kappa shape index (κ2) is 12.3. The molecule has 218 valence electrons. The molecular formula is C30H35N3O6S2. The van der Waals surface area contributed by atoms with E-state index in [-0.39, 0.29) is 34.5 Å². The van der Waals surface area contributed by atoms with E-state index in [0.717, 1.165) is 24.2 Å². The number of nitriles is 1. The summed E-state index contributed by atoms with van der Waals surface area (Å²) in [5.74, 6) is 0.585. The molecule has 0 saturated carbocycles. The first-order valence-corrected chi connectivity index (χ1v) is 15.9. The van der Waals surface area contributed by atoms with Crippen molar-refractivity contribution in [2.24, 2.45) is 5.41 Å². The highest BCUT2D eigenvalue weighted by Crippen LogP contribution is 2.25. The van der Waals surface area contributed by atoms with Crippen molar-refractivity contribution in [1.82, 2.24) is 8.87 Å². The van der Waals surface area contributed by atoms with Crippen LogP contribution in [-0.2, 0) is 26.1 Å². The number of thiazole rings is 1. The molecule has 0 N–H and O–H groups in total. The van der Waals surface area contributed by atoms with E-state index in [4.69, 9.17) is 9.15 Å². The number of sulfonamides is 1. The Balaban J connectivity index is 1.75. The molecule has 1 saturated heterocycles. The van der Waals surface area contributed by atoms with Gasteiger partial charge in [0.25, 0.3) is 5.56 Å². The lowest BCUT2D eigenvalue weighted by Crippen LogP contribution is -2.37. The monoisotopic (exact) mass is 597 g/mol. The molecular weight excluding hydrogens is 562 g/mol. The molecule has 0 radical (unpaired) electrons. The molecule has 3 heterocycles. The quantitative estimate of drug-likeness (QED) is 0.370. The number of benzene rings is 1. The number of ketones is 1. The van der Waals surface area contributed by atoms with Gasteiger partial charge in [0.1, 0.15) is 27.8 Å². The third-order valence-electron chi connectivity index (χ3n) is 6.93. The first kappa shape index (κ1) is 30.7. The summed E-state index contributed by atoms with van der Waals surface area (Å²) < 4.78 is 40.9. The van der Waals surface area contributed by atoms with Crippen molar-refractivity contribution in [3.05, 3.63) is 61.7 Å². The van der Waals surface area contributed by atoms with Crippen LogP contribution >= 0.6 is 11.3 Å². The lowest BCUT2D eigenvalue weighted by Gasteiger charge is -2.18. The van der Waals surface area contributed by atoms with Crippen LogP contribution in [0, 0.1) is 16.7 Å². The molecule has 0 amide bonds. The van der Waals surface area contributed by atoms with Crippen molar-refractivity contribution in [3.8, 4) is 17.4 Å². The highest BCUT2D eigenvalue weighted by molar-refractivity contribution is 7.89. The van der Waals surface area contributed by atoms with Gasteiger partial charge in [-0.1, -0.05) is 34.6 Å². The van der Waals surface area contributed by atoms with Crippen molar-refractivity contribution >= 4 is 38.8 Å². The molecule has 2 aromatic heterocycles. The van der Waals surface area contributed by atoms with Crippen LogP contribution in [-0.4, -0.2) is 48.9 Å². The average molecular weight is 598 g/mol. The fourth-order valence-electron chi connectivity index (χ4n) is 4.65. The zero-order chi connectivity index (χ0) is 29.9. The second-order valence-corrected chi connectivity index (χ2v) is 13.8. The normalized spacial score (nSPS) is 17.2. The predicted octanol–water partition coefficient (Wildman–Crippen LogP) is 3.50. The molecule has 1 unspecified atom stereocenters. The minimum Gasteiger partial charge on any atom is -0.457 e. The van der Waals surface area contributed by atoms with Gasteiger partial charge in [-0.3, -0.25) is 14.2 Å². The summed E-state index contributed by atoms with van der Waals surface area (Å²) in [5, 5.41) is 9.93. The second-order valence-electron chi connectivity index (χ2n) is 10.8. The van der Waals surface area contributed by atoms with Crippen LogP contribution in [0.25, 0.3) is 23.0 Å². The first-order chi connectivity index (χ1) is 19.4. The summed E-state index contributed by atoms with van der Waals surface area (Å²) in [5.41, 5.74) is -0.475. The van der Waals surface area contributed by atoms with Crippen LogP contribution in [0.2, 0.25) is 0 Å². The summed E-state index contributed by atoms with van der Waals surface area (Å²) in [4.78, 5) is 26.9. The van der Waals surface area contributed by atoms with Gasteiger partial charge in [0.2, 0.25) is 10.0 Å². The molecule has 41 heavy (non-hydrogen) atoms. The SMILES string of the molecule is CCN(CC)S(=O)(=O)c1ccc(-c2ccc(/C=c3\s/c(=C(/C#N)C(=O)C(C)(C)C)n(CC4CCCO4)c3=O)o2)cc1. The summed E-state index contributed by atoms with van der Waals surface area (Å²) >= 11 is 1.09. The van der Waals surface area contributed by atoms with Crippen LogP contribution in [0.4, 0.5) is 0 Å². The van der Waals surface area contributed by atoms with E-state index < -0.39 is 15.4 Å². The lowest BCUT2D eigenvalue weighted by molar-refractivity contribution is -0.120. The standard InChI is InChI=1S/C30H35N3O6S2/c1-6-32(7-2)41(36,37)23-13-10-20(11-14-23)25-15-12-21(39-25)17-26-28(35)33(19-22-9-8-16-38-22)29(40-26)24(18-31)27(34)30(3,4)5/h10-15,17,22H,6-9,16,19H2,1-5H3/b26-17-,29-24-. The van der Waals surface area contributed by atoms with Gasteiger partial charge >= 0.3 is 0 Å². The minimum atomic E-state index is -3.57. The summed E-state index contributed by atoms with van der Waals surface area (Å²) in [6.07, 6.45) is 3.13. The number of nitrogens with zero attached hydrogens (tertiary/aromatic N) is 3. The van der Waals surface area contributed by atoms with Crippen LogP contribution in [0.3, 0.4) is 0 Å². The number of hydrogen-bond donors (Lipinski definition) is 0. The Kier molecular flexibility index (Phi) is 9.19. The predicted molar refractivity (Wildman–Crippen MR) is 158 cm³/mol. The Morgan fingerprint density at radius 1 is 1.17 bits per heavy atom. The average Bonchev–Trinajstić information content (AvgIpc) is 3.68. The third-order valence-corrected chi connectivity index (χ3v) is 10.1. The summed E-state index contributed by atoms with van der Waals surface area (Å²) in [6, 6.07) is 12.0. The highest BCUT2D eigenvalue weighted by Gasteiger charge is 2.28. The maximum Gasteiger partial charge on any atom is 0.269 e. The number of furan rings is 1. The number of hydrogen-bond acceptors (Lipinski definition) is 8. The number of carbonyl (C=O) groups is 1. The van der Waals surface area contributed by atoms with Crippen molar-refractivity contribution < 1.29 is 22.4 Å². The largest absolute Gasteiger partial charge is 0.457 e. The van der Waals surface area contributed by atoms with Gasteiger partial charge in [0.05, 0.1) is 22.1 Å². The Labute approximate surface area is 244 Å². The molecule has 1 atom stereocenters. The van der Waals surface area contributed by atoms with E-state index in [1.807, 2.05) is 6.07 Å². The van der Waals surface area contributed by atoms with Gasteiger partial charge in [0.15, 0.2) is 5.78 Å². The lowest BCUT2D eigenvalue weighted by atomic mass is 9.87. The van der Waals surface area contributed by atoms with E-state index in [0.29, 0.717) is 46.0 Å². The van der Waals surface area contributed by atoms with Crippen LogP contribution < -0.4 is 14.8 Å². The van der Waals surface area contributed by atoms with Gasteiger partial charge in [-0.2, -0.15) is 9.57 Å². The molecule has 1 aliphatic heterocycles. The molecule has 4 rings (SSSR count). The van der Waals surface area contributed by atoms with Crippen LogP contribution in [0.5, 0.6) is 0 Å². The number of ether oxygens (including phenoxy) is 1. The fourth-order valence-corrected chi connectivity index (χ4v) is 7.20. The topological polar surface area (TPSA) is 123 Å². The minimum absolute atomic E-state index is 0.0443. The maximum atomic E-state index is 13.5. The number of Topliss-reactive ketones (excluding diaryl/α,β-unsaturated/α-hetero) is 1. The summed E-state index contributed by atoms with van der Waals surface area (Å²) in [6.45, 7) is 10.5. The maximum absolute atomic E-state index is 13.5. The Hall–Kier alpha value is -3.30. The zero-order valence-electron chi connectivity index (χ0n) is 24.0. The molecule has 0 aliphatic carbocycles.